The third-order valence-electron chi connectivity index (χ3n) is 7.70. The summed E-state index contributed by atoms with van der Waals surface area (Å²) in [5, 5.41) is 0. The third kappa shape index (κ3) is 2.57. The van der Waals surface area contributed by atoms with Gasteiger partial charge < -0.3 is 4.74 Å². The fourth-order valence-corrected chi connectivity index (χ4v) is 5.66. The Hall–Kier alpha value is -3.07. The molecule has 0 unspecified atom stereocenters. The molecule has 0 N–H and O–H groups in total. The quantitative estimate of drug-likeness (QED) is 0.215. The number of nitrogens with zero attached hydrogens (tertiary/aromatic N) is 2. The molecule has 3 aromatic carbocycles. The predicted octanol–water partition coefficient (Wildman–Crippen LogP) is 6.78. The van der Waals surface area contributed by atoms with Crippen LogP contribution in [0.1, 0.15) is 62.8 Å². The first-order chi connectivity index (χ1) is 15.2. The molecule has 3 nitrogen and oxygen atoms in total. The lowest BCUT2D eigenvalue weighted by molar-refractivity contribution is -0.575. The van der Waals surface area contributed by atoms with Gasteiger partial charge in [-0.3, -0.25) is 9.13 Å². The molecule has 0 saturated heterocycles. The molecule has 162 valence electrons. The van der Waals surface area contributed by atoms with Crippen LogP contribution < -0.4 is 9.30 Å². The van der Waals surface area contributed by atoms with Gasteiger partial charge in [-0.25, -0.2) is 0 Å². The zero-order chi connectivity index (χ0) is 22.4. The normalized spacial score (nSPS) is 17.6. The summed E-state index contributed by atoms with van der Waals surface area (Å²) in [4.78, 5) is 0. The Balaban J connectivity index is 1.67. The maximum Gasteiger partial charge on any atom is 0.270 e. The van der Waals surface area contributed by atoms with Gasteiger partial charge in [0.15, 0.2) is 0 Å². The molecule has 4 aromatic rings. The van der Waals surface area contributed by atoms with Crippen molar-refractivity contribution in [2.24, 2.45) is 0 Å². The molecule has 0 fully saturated rings. The highest BCUT2D eigenvalue weighted by Crippen LogP contribution is 2.49. The second-order valence-electron chi connectivity index (χ2n) is 10.9. The van der Waals surface area contributed by atoms with Gasteiger partial charge in [0.2, 0.25) is 0 Å². The van der Waals surface area contributed by atoms with E-state index >= 15 is 0 Å². The summed E-state index contributed by atoms with van der Waals surface area (Å²) in [6, 6.07) is 17.4. The monoisotopic (exact) mass is 422 g/mol. The summed E-state index contributed by atoms with van der Waals surface area (Å²) in [7, 11) is 0. The molecular formula is C29H30N2O. The standard InChI is InChI=1S/C29H30N2O/c1-18-9-7-10-19(2)26(18)30-17-31-23-15-20-21(29(5,6)14-13-28(20,3)4)16-25(23)32-24-12-8-11-22(30)27(24)31/h7-12,15-16H,13-14H2,1-6H3. The molecule has 1 aliphatic carbocycles. The molecule has 0 atom stereocenters. The second kappa shape index (κ2) is 6.25. The van der Waals surface area contributed by atoms with Gasteiger partial charge in [0.1, 0.15) is 22.7 Å². The van der Waals surface area contributed by atoms with Crippen LogP contribution in [-0.4, -0.2) is 4.57 Å². The van der Waals surface area contributed by atoms with E-state index in [1.807, 2.05) is 0 Å². The maximum absolute atomic E-state index is 6.53. The van der Waals surface area contributed by atoms with Crippen LogP contribution >= 0.6 is 0 Å². The highest BCUT2D eigenvalue weighted by molar-refractivity contribution is 5.83. The summed E-state index contributed by atoms with van der Waals surface area (Å²) in [5.74, 6) is 1.82. The smallest absolute Gasteiger partial charge is 0.270 e. The molecule has 0 bridgehead atoms. The number of para-hydroxylation sites is 2. The Morgan fingerprint density at radius 2 is 1.47 bits per heavy atom. The van der Waals surface area contributed by atoms with E-state index in [0.29, 0.717) is 0 Å². The lowest BCUT2D eigenvalue weighted by Gasteiger charge is -2.42. The van der Waals surface area contributed by atoms with Gasteiger partial charge in [0.25, 0.3) is 6.33 Å². The first-order valence-electron chi connectivity index (χ1n) is 11.6. The zero-order valence-corrected chi connectivity index (χ0v) is 19.8. The number of aromatic nitrogens is 2. The van der Waals surface area contributed by atoms with Crippen molar-refractivity contribution >= 4 is 11.0 Å². The summed E-state index contributed by atoms with van der Waals surface area (Å²) in [5.41, 5.74) is 10.1. The topological polar surface area (TPSA) is 18.0 Å². The summed E-state index contributed by atoms with van der Waals surface area (Å²) in [6.45, 7) is 13.8. The Morgan fingerprint density at radius 1 is 0.844 bits per heavy atom. The van der Waals surface area contributed by atoms with Crippen molar-refractivity contribution < 1.29 is 9.30 Å². The first-order valence-corrected chi connectivity index (χ1v) is 11.6. The SMILES string of the molecule is Cc1cccc(C)c1-n1[c-][n+]2c3c(cccc31)Oc1cc3c(cc1-2)C(C)(C)CCC3(C)C. The average Bonchev–Trinajstić information content (AvgIpc) is 3.12. The van der Waals surface area contributed by atoms with Crippen LogP contribution in [0.2, 0.25) is 0 Å². The van der Waals surface area contributed by atoms with Crippen LogP contribution in [0.4, 0.5) is 0 Å². The van der Waals surface area contributed by atoms with Crippen molar-refractivity contribution in [3.63, 3.8) is 0 Å². The summed E-state index contributed by atoms with van der Waals surface area (Å²) >= 11 is 0. The van der Waals surface area contributed by atoms with E-state index in [-0.39, 0.29) is 10.8 Å². The molecule has 0 amide bonds. The van der Waals surface area contributed by atoms with E-state index in [1.54, 1.807) is 0 Å². The Morgan fingerprint density at radius 3 is 2.16 bits per heavy atom. The molecule has 6 rings (SSSR count). The van der Waals surface area contributed by atoms with Gasteiger partial charge in [-0.1, -0.05) is 58.0 Å². The van der Waals surface area contributed by atoms with Crippen LogP contribution in [0.25, 0.3) is 22.4 Å². The minimum atomic E-state index is 0.145. The number of benzene rings is 3. The lowest BCUT2D eigenvalue weighted by atomic mass is 9.63. The molecule has 3 heteroatoms. The van der Waals surface area contributed by atoms with Crippen LogP contribution in [0.15, 0.2) is 48.5 Å². The number of aryl methyl sites for hydroxylation is 2. The van der Waals surface area contributed by atoms with Crippen molar-refractivity contribution in [2.75, 3.05) is 0 Å². The molecule has 0 radical (unpaired) electrons. The van der Waals surface area contributed by atoms with E-state index in [0.717, 1.165) is 28.2 Å². The van der Waals surface area contributed by atoms with E-state index in [2.05, 4.69) is 106 Å². The number of rotatable bonds is 1. The number of fused-ring (bicyclic) bond motifs is 3. The maximum atomic E-state index is 6.53. The predicted molar refractivity (Wildman–Crippen MR) is 128 cm³/mol. The highest BCUT2D eigenvalue weighted by atomic mass is 16.5. The van der Waals surface area contributed by atoms with Crippen molar-refractivity contribution in [3.8, 4) is 22.9 Å². The van der Waals surface area contributed by atoms with Gasteiger partial charge in [0, 0.05) is 0 Å². The van der Waals surface area contributed by atoms with Crippen LogP contribution in [0.5, 0.6) is 11.5 Å². The van der Waals surface area contributed by atoms with E-state index in [1.165, 1.54) is 40.8 Å². The van der Waals surface area contributed by atoms with Gasteiger partial charge in [-0.2, -0.15) is 0 Å². The number of hydrogen-bond acceptors (Lipinski definition) is 1. The molecule has 0 spiro atoms. The van der Waals surface area contributed by atoms with Crippen LogP contribution in [-0.2, 0) is 10.8 Å². The molecule has 1 aliphatic heterocycles. The minimum absolute atomic E-state index is 0.145. The van der Waals surface area contributed by atoms with Gasteiger partial charge in [-0.05, 0) is 78.0 Å². The fourth-order valence-electron chi connectivity index (χ4n) is 5.66. The highest BCUT2D eigenvalue weighted by Gasteiger charge is 2.39. The molecule has 2 heterocycles. The molecule has 1 aromatic heterocycles. The number of imidazole rings is 1. The largest absolute Gasteiger partial charge is 0.465 e. The zero-order valence-electron chi connectivity index (χ0n) is 19.8. The second-order valence-corrected chi connectivity index (χ2v) is 10.9. The Kier molecular flexibility index (Phi) is 3.83. The number of ether oxygens (including phenoxy) is 1. The Labute approximate surface area is 190 Å². The van der Waals surface area contributed by atoms with Gasteiger partial charge in [-0.15, -0.1) is 0 Å². The number of hydrogen-bond donors (Lipinski definition) is 0. The lowest BCUT2D eigenvalue weighted by Crippen LogP contribution is -2.37. The molecule has 32 heavy (non-hydrogen) atoms. The summed E-state index contributed by atoms with van der Waals surface area (Å²) < 4.78 is 11.0. The molecular weight excluding hydrogens is 392 g/mol. The van der Waals surface area contributed by atoms with E-state index in [9.17, 15) is 0 Å². The van der Waals surface area contributed by atoms with Crippen LogP contribution in [0, 0.1) is 20.2 Å². The van der Waals surface area contributed by atoms with Crippen molar-refractivity contribution in [1.29, 1.82) is 0 Å². The van der Waals surface area contributed by atoms with Crippen molar-refractivity contribution in [1.82, 2.24) is 4.57 Å². The minimum Gasteiger partial charge on any atom is -0.465 e. The van der Waals surface area contributed by atoms with Crippen molar-refractivity contribution in [2.45, 2.75) is 65.2 Å². The third-order valence-corrected chi connectivity index (χ3v) is 7.70. The van der Waals surface area contributed by atoms with Crippen molar-refractivity contribution in [3.05, 3.63) is 77.1 Å². The van der Waals surface area contributed by atoms with Gasteiger partial charge in [0.05, 0.1) is 11.2 Å². The molecule has 2 aliphatic rings. The van der Waals surface area contributed by atoms with Crippen LogP contribution in [0.3, 0.4) is 0 Å². The molecule has 0 saturated carbocycles. The fraction of sp³-hybridized carbons (Fsp3) is 0.345. The Bertz CT molecular complexity index is 1400. The van der Waals surface area contributed by atoms with E-state index in [4.69, 9.17) is 4.74 Å². The first kappa shape index (κ1) is 19.6. The van der Waals surface area contributed by atoms with E-state index < -0.39 is 0 Å². The summed E-state index contributed by atoms with van der Waals surface area (Å²) in [6.07, 6.45) is 6.07. The average molecular weight is 423 g/mol. The van der Waals surface area contributed by atoms with Gasteiger partial charge >= 0.3 is 0 Å².